The lowest BCUT2D eigenvalue weighted by atomic mass is 9.78. The number of rotatable bonds is 26. The first kappa shape index (κ1) is 34.1. The predicted octanol–water partition coefficient (Wildman–Crippen LogP) is 9.63. The number of carbonyl (C=O) groups excluding carboxylic acids is 2. The van der Waals surface area contributed by atoms with Crippen LogP contribution in [0.1, 0.15) is 174 Å². The van der Waals surface area contributed by atoms with Crippen LogP contribution in [-0.4, -0.2) is 36.9 Å². The van der Waals surface area contributed by atoms with Crippen LogP contribution in [0.5, 0.6) is 0 Å². The Hall–Kier alpha value is -1.10. The molecule has 3 atom stereocenters. The number of ether oxygens (including phenoxy) is 3. The van der Waals surface area contributed by atoms with Gasteiger partial charge in [-0.15, -0.1) is 0 Å². The SMILES string of the molecule is CCCCCCCCCCCCCOC(=O)C1CC2CCC1(C(=O)OCCCCCCCCCCCCC)O2. The summed E-state index contributed by atoms with van der Waals surface area (Å²) >= 11 is 0. The average Bonchev–Trinajstić information content (AvgIpc) is 3.54. The van der Waals surface area contributed by atoms with Crippen LogP contribution in [0.25, 0.3) is 0 Å². The van der Waals surface area contributed by atoms with Gasteiger partial charge in [-0.05, 0) is 32.1 Å². The van der Waals surface area contributed by atoms with E-state index in [1.54, 1.807) is 0 Å². The Morgan fingerprint density at radius 3 is 1.46 bits per heavy atom. The average molecular weight is 551 g/mol. The van der Waals surface area contributed by atoms with Crippen molar-refractivity contribution in [2.24, 2.45) is 5.92 Å². The monoisotopic (exact) mass is 550 g/mol. The standard InChI is InChI=1S/C34H62O5/c1-3-5-7-9-11-13-15-17-19-21-23-27-37-32(35)31-29-30-25-26-34(31,39-30)33(36)38-28-24-22-20-18-16-14-12-10-8-6-4-2/h30-31H,3-29H2,1-2H3. The van der Waals surface area contributed by atoms with Crippen molar-refractivity contribution in [3.63, 3.8) is 0 Å². The number of carbonyl (C=O) groups is 2. The van der Waals surface area contributed by atoms with Crippen LogP contribution in [0.15, 0.2) is 0 Å². The van der Waals surface area contributed by atoms with Gasteiger partial charge in [-0.2, -0.15) is 0 Å². The molecule has 228 valence electrons. The van der Waals surface area contributed by atoms with E-state index in [9.17, 15) is 9.59 Å². The van der Waals surface area contributed by atoms with Gasteiger partial charge in [-0.3, -0.25) is 4.79 Å². The van der Waals surface area contributed by atoms with Crippen molar-refractivity contribution in [1.29, 1.82) is 0 Å². The van der Waals surface area contributed by atoms with Crippen molar-refractivity contribution < 1.29 is 23.8 Å². The van der Waals surface area contributed by atoms with Crippen LogP contribution in [0.3, 0.4) is 0 Å². The lowest BCUT2D eigenvalue weighted by Gasteiger charge is -2.29. The Bertz CT molecular complexity index is 635. The number of hydrogen-bond donors (Lipinski definition) is 0. The normalized spacial score (nSPS) is 21.9. The third-order valence-electron chi connectivity index (χ3n) is 8.88. The molecular weight excluding hydrogens is 488 g/mol. The molecule has 2 aliphatic rings. The van der Waals surface area contributed by atoms with Gasteiger partial charge in [-0.25, -0.2) is 4.79 Å². The Kier molecular flexibility index (Phi) is 18.9. The van der Waals surface area contributed by atoms with Gasteiger partial charge in [0.1, 0.15) is 0 Å². The molecule has 0 amide bonds. The molecule has 39 heavy (non-hydrogen) atoms. The van der Waals surface area contributed by atoms with Gasteiger partial charge in [0.2, 0.25) is 0 Å². The fourth-order valence-electron chi connectivity index (χ4n) is 6.34. The van der Waals surface area contributed by atoms with Crippen LogP contribution < -0.4 is 0 Å². The van der Waals surface area contributed by atoms with E-state index in [0.717, 1.165) is 32.1 Å². The summed E-state index contributed by atoms with van der Waals surface area (Å²) in [5.74, 6) is -1.11. The molecule has 0 radical (unpaired) electrons. The van der Waals surface area contributed by atoms with Gasteiger partial charge in [0.25, 0.3) is 0 Å². The molecule has 0 aliphatic carbocycles. The largest absolute Gasteiger partial charge is 0.465 e. The second-order valence-corrected chi connectivity index (χ2v) is 12.3. The Balaban J connectivity index is 1.51. The molecule has 5 nitrogen and oxygen atoms in total. The fourth-order valence-corrected chi connectivity index (χ4v) is 6.34. The van der Waals surface area contributed by atoms with E-state index < -0.39 is 11.5 Å². The Morgan fingerprint density at radius 1 is 0.615 bits per heavy atom. The van der Waals surface area contributed by atoms with E-state index in [2.05, 4.69) is 13.8 Å². The zero-order chi connectivity index (χ0) is 28.0. The third kappa shape index (κ3) is 13.4. The van der Waals surface area contributed by atoms with Gasteiger partial charge in [0.05, 0.1) is 25.2 Å². The topological polar surface area (TPSA) is 61.8 Å². The van der Waals surface area contributed by atoms with Gasteiger partial charge in [0, 0.05) is 0 Å². The summed E-state index contributed by atoms with van der Waals surface area (Å²) in [6.07, 6.45) is 29.8. The van der Waals surface area contributed by atoms with Gasteiger partial charge in [0.15, 0.2) is 5.60 Å². The third-order valence-corrected chi connectivity index (χ3v) is 8.88. The maximum Gasteiger partial charge on any atom is 0.339 e. The first-order valence-electron chi connectivity index (χ1n) is 17.2. The summed E-state index contributed by atoms with van der Waals surface area (Å²) in [6.45, 7) is 5.39. The first-order valence-corrected chi connectivity index (χ1v) is 17.2. The Morgan fingerprint density at radius 2 is 1.03 bits per heavy atom. The van der Waals surface area contributed by atoms with Crippen LogP contribution >= 0.6 is 0 Å². The van der Waals surface area contributed by atoms with Crippen LogP contribution in [0.2, 0.25) is 0 Å². The highest BCUT2D eigenvalue weighted by atomic mass is 16.6. The molecule has 2 heterocycles. The minimum Gasteiger partial charge on any atom is -0.465 e. The highest BCUT2D eigenvalue weighted by Crippen LogP contribution is 2.49. The van der Waals surface area contributed by atoms with Gasteiger partial charge in [-0.1, -0.05) is 142 Å². The van der Waals surface area contributed by atoms with Crippen molar-refractivity contribution in [3.8, 4) is 0 Å². The Labute approximate surface area is 240 Å². The summed E-state index contributed by atoms with van der Waals surface area (Å²) in [6, 6.07) is 0. The smallest absolute Gasteiger partial charge is 0.339 e. The van der Waals surface area contributed by atoms with Crippen molar-refractivity contribution in [3.05, 3.63) is 0 Å². The summed E-state index contributed by atoms with van der Waals surface area (Å²) in [5.41, 5.74) is -1.10. The van der Waals surface area contributed by atoms with Crippen molar-refractivity contribution >= 4 is 11.9 Å². The van der Waals surface area contributed by atoms with E-state index in [1.807, 2.05) is 0 Å². The van der Waals surface area contributed by atoms with E-state index >= 15 is 0 Å². The minimum atomic E-state index is -1.10. The molecule has 2 rings (SSSR count). The van der Waals surface area contributed by atoms with Crippen LogP contribution in [-0.2, 0) is 23.8 Å². The molecule has 0 aromatic rings. The van der Waals surface area contributed by atoms with Crippen molar-refractivity contribution in [2.45, 2.75) is 186 Å². The molecule has 0 saturated carbocycles. The number of unbranched alkanes of at least 4 members (excludes halogenated alkanes) is 20. The number of esters is 2. The van der Waals surface area contributed by atoms with Crippen LogP contribution in [0.4, 0.5) is 0 Å². The molecule has 2 fully saturated rings. The molecule has 2 aliphatic heterocycles. The van der Waals surface area contributed by atoms with Crippen molar-refractivity contribution in [1.82, 2.24) is 0 Å². The predicted molar refractivity (Wildman–Crippen MR) is 160 cm³/mol. The molecular formula is C34H62O5. The summed E-state index contributed by atoms with van der Waals surface area (Å²) in [5, 5.41) is 0. The highest BCUT2D eigenvalue weighted by molar-refractivity contribution is 5.89. The molecule has 0 aromatic heterocycles. The number of fused-ring (bicyclic) bond motifs is 2. The van der Waals surface area contributed by atoms with E-state index in [1.165, 1.54) is 116 Å². The molecule has 0 N–H and O–H groups in total. The summed E-state index contributed by atoms with van der Waals surface area (Å²) < 4.78 is 17.3. The van der Waals surface area contributed by atoms with E-state index in [0.29, 0.717) is 26.1 Å². The van der Waals surface area contributed by atoms with Gasteiger partial charge >= 0.3 is 11.9 Å². The lowest BCUT2D eigenvalue weighted by molar-refractivity contribution is -0.176. The fraction of sp³-hybridized carbons (Fsp3) is 0.941. The lowest BCUT2D eigenvalue weighted by Crippen LogP contribution is -2.47. The van der Waals surface area contributed by atoms with Crippen LogP contribution in [0, 0.1) is 5.92 Å². The van der Waals surface area contributed by atoms with E-state index in [-0.39, 0.29) is 18.0 Å². The van der Waals surface area contributed by atoms with Gasteiger partial charge < -0.3 is 14.2 Å². The molecule has 0 spiro atoms. The highest BCUT2D eigenvalue weighted by Gasteiger charge is 2.62. The quantitative estimate of drug-likeness (QED) is 0.0792. The summed E-state index contributed by atoms with van der Waals surface area (Å²) in [7, 11) is 0. The molecule has 0 aromatic carbocycles. The molecule has 2 saturated heterocycles. The second kappa shape index (κ2) is 21.6. The molecule has 5 heteroatoms. The maximum absolute atomic E-state index is 13.0. The number of hydrogen-bond acceptors (Lipinski definition) is 5. The molecule has 2 bridgehead atoms. The van der Waals surface area contributed by atoms with E-state index in [4.69, 9.17) is 14.2 Å². The molecule has 3 unspecified atom stereocenters. The maximum atomic E-state index is 13.0. The first-order chi connectivity index (χ1) is 19.1. The second-order valence-electron chi connectivity index (χ2n) is 12.3. The minimum absolute atomic E-state index is 0.0148. The summed E-state index contributed by atoms with van der Waals surface area (Å²) in [4.78, 5) is 25.9. The zero-order valence-electron chi connectivity index (χ0n) is 25.8. The van der Waals surface area contributed by atoms with Crippen molar-refractivity contribution in [2.75, 3.05) is 13.2 Å². The zero-order valence-corrected chi connectivity index (χ0v) is 25.8.